The van der Waals surface area contributed by atoms with E-state index in [0.717, 1.165) is 23.0 Å². The van der Waals surface area contributed by atoms with Gasteiger partial charge in [0.25, 0.3) is 5.56 Å². The molecule has 0 aliphatic heterocycles. The van der Waals surface area contributed by atoms with Crippen LogP contribution in [0.1, 0.15) is 24.0 Å². The van der Waals surface area contributed by atoms with E-state index in [1.54, 1.807) is 18.7 Å². The normalized spacial score (nSPS) is 10.4. The van der Waals surface area contributed by atoms with Gasteiger partial charge in [0.2, 0.25) is 0 Å². The zero-order valence-corrected chi connectivity index (χ0v) is 8.99. The Bertz CT molecular complexity index is 346. The third-order valence-corrected chi connectivity index (χ3v) is 2.77. The Balaban J connectivity index is 2.93. The van der Waals surface area contributed by atoms with Crippen molar-refractivity contribution < 1.29 is 0 Å². The second-order valence-corrected chi connectivity index (χ2v) is 4.13. The monoisotopic (exact) mass is 198 g/mol. The number of hydrogen-bond acceptors (Lipinski definition) is 3. The lowest BCUT2D eigenvalue weighted by Crippen LogP contribution is -2.15. The third-order valence-electron chi connectivity index (χ3n) is 1.89. The molecule has 0 radical (unpaired) electrons. The van der Waals surface area contributed by atoms with Crippen LogP contribution in [0.2, 0.25) is 0 Å². The summed E-state index contributed by atoms with van der Waals surface area (Å²) in [5, 5.41) is 0. The van der Waals surface area contributed by atoms with Crippen LogP contribution in [0.4, 0.5) is 0 Å². The molecule has 0 amide bonds. The number of aromatic amines is 1. The maximum Gasteiger partial charge on any atom is 0.254 e. The van der Waals surface area contributed by atoms with Crippen LogP contribution in [0, 0.1) is 13.8 Å². The smallest absolute Gasteiger partial charge is 0.254 e. The van der Waals surface area contributed by atoms with E-state index in [1.807, 2.05) is 6.92 Å². The second kappa shape index (κ2) is 4.46. The predicted molar refractivity (Wildman–Crippen MR) is 56.2 cm³/mol. The van der Waals surface area contributed by atoms with Crippen molar-refractivity contribution in [2.24, 2.45) is 0 Å². The lowest BCUT2D eigenvalue weighted by atomic mass is 10.3. The van der Waals surface area contributed by atoms with Gasteiger partial charge in [0.15, 0.2) is 0 Å². The summed E-state index contributed by atoms with van der Waals surface area (Å²) in [4.78, 5) is 18.4. The number of thioether (sulfide) groups is 1. The number of hydrogen-bond donors (Lipinski definition) is 1. The summed E-state index contributed by atoms with van der Waals surface area (Å²) in [5.41, 5.74) is 1.53. The van der Waals surface area contributed by atoms with Crippen molar-refractivity contribution in [1.29, 1.82) is 0 Å². The number of nitrogens with one attached hydrogen (secondary N) is 1. The Morgan fingerprint density at radius 3 is 2.69 bits per heavy atom. The highest BCUT2D eigenvalue weighted by Crippen LogP contribution is 2.07. The first-order valence-electron chi connectivity index (χ1n) is 4.29. The van der Waals surface area contributed by atoms with Crippen LogP contribution in [0.15, 0.2) is 4.79 Å². The topological polar surface area (TPSA) is 45.8 Å². The fourth-order valence-corrected chi connectivity index (χ4v) is 1.50. The Morgan fingerprint density at radius 2 is 2.15 bits per heavy atom. The minimum atomic E-state index is -0.0146. The molecule has 0 aliphatic carbocycles. The summed E-state index contributed by atoms with van der Waals surface area (Å²) < 4.78 is 0. The predicted octanol–water partition coefficient (Wildman–Crippen LogP) is 1.64. The van der Waals surface area contributed by atoms with E-state index in [1.165, 1.54) is 0 Å². The molecule has 0 fully saturated rings. The van der Waals surface area contributed by atoms with Crippen LogP contribution in [-0.4, -0.2) is 15.7 Å². The maximum absolute atomic E-state index is 11.3. The molecule has 0 unspecified atom stereocenters. The molecule has 0 saturated heterocycles. The van der Waals surface area contributed by atoms with E-state index in [0.29, 0.717) is 5.56 Å². The van der Waals surface area contributed by atoms with Gasteiger partial charge in [0, 0.05) is 11.3 Å². The van der Waals surface area contributed by atoms with Crippen molar-refractivity contribution >= 4 is 11.8 Å². The van der Waals surface area contributed by atoms with E-state index >= 15 is 0 Å². The van der Waals surface area contributed by atoms with E-state index < -0.39 is 0 Å². The molecule has 0 atom stereocenters. The molecule has 0 spiro atoms. The average Bonchev–Trinajstić information content (AvgIpc) is 2.10. The van der Waals surface area contributed by atoms with Crippen LogP contribution in [0.5, 0.6) is 0 Å². The highest BCUT2D eigenvalue weighted by molar-refractivity contribution is 7.98. The molecular weight excluding hydrogens is 184 g/mol. The van der Waals surface area contributed by atoms with Crippen LogP contribution in [0.25, 0.3) is 0 Å². The molecule has 1 heterocycles. The summed E-state index contributed by atoms with van der Waals surface area (Å²) >= 11 is 1.75. The summed E-state index contributed by atoms with van der Waals surface area (Å²) in [6.45, 7) is 5.74. The van der Waals surface area contributed by atoms with Gasteiger partial charge in [-0.1, -0.05) is 6.92 Å². The largest absolute Gasteiger partial charge is 0.310 e. The number of aryl methyl sites for hydroxylation is 1. The molecule has 3 nitrogen and oxygen atoms in total. The van der Waals surface area contributed by atoms with E-state index in [4.69, 9.17) is 0 Å². The lowest BCUT2D eigenvalue weighted by Gasteiger charge is -2.02. The minimum Gasteiger partial charge on any atom is -0.310 e. The van der Waals surface area contributed by atoms with Gasteiger partial charge in [-0.15, -0.1) is 0 Å². The first-order valence-corrected chi connectivity index (χ1v) is 5.44. The molecule has 13 heavy (non-hydrogen) atoms. The molecule has 0 saturated carbocycles. The van der Waals surface area contributed by atoms with Gasteiger partial charge in [-0.05, 0) is 19.6 Å². The molecule has 0 aliphatic rings. The van der Waals surface area contributed by atoms with Crippen molar-refractivity contribution in [3.63, 3.8) is 0 Å². The average molecular weight is 198 g/mol. The first-order chi connectivity index (χ1) is 6.15. The molecule has 1 rings (SSSR count). The quantitative estimate of drug-likeness (QED) is 0.803. The molecule has 0 aromatic carbocycles. The van der Waals surface area contributed by atoms with Crippen molar-refractivity contribution in [2.75, 3.05) is 5.75 Å². The molecule has 1 N–H and O–H groups in total. The summed E-state index contributed by atoms with van der Waals surface area (Å²) in [6.07, 6.45) is 0. The first kappa shape index (κ1) is 10.3. The van der Waals surface area contributed by atoms with Gasteiger partial charge in [-0.2, -0.15) is 11.8 Å². The fourth-order valence-electron chi connectivity index (χ4n) is 0.970. The molecule has 4 heteroatoms. The van der Waals surface area contributed by atoms with Crippen LogP contribution in [0.3, 0.4) is 0 Å². The number of nitrogens with zero attached hydrogens (tertiary/aromatic N) is 1. The second-order valence-electron chi connectivity index (χ2n) is 2.86. The molecule has 0 bridgehead atoms. The highest BCUT2D eigenvalue weighted by Gasteiger charge is 2.02. The van der Waals surface area contributed by atoms with E-state index in [9.17, 15) is 4.79 Å². The fraction of sp³-hybridized carbons (Fsp3) is 0.556. The van der Waals surface area contributed by atoms with E-state index in [-0.39, 0.29) is 5.56 Å². The van der Waals surface area contributed by atoms with Crippen LogP contribution < -0.4 is 5.56 Å². The number of rotatable bonds is 3. The highest BCUT2D eigenvalue weighted by atomic mass is 32.2. The molecule has 1 aromatic rings. The summed E-state index contributed by atoms with van der Waals surface area (Å²) in [5.74, 6) is 2.60. The molecule has 72 valence electrons. The zero-order valence-electron chi connectivity index (χ0n) is 8.18. The lowest BCUT2D eigenvalue weighted by molar-refractivity contribution is 0.942. The van der Waals surface area contributed by atoms with E-state index in [2.05, 4.69) is 16.9 Å². The van der Waals surface area contributed by atoms with Crippen molar-refractivity contribution in [2.45, 2.75) is 26.5 Å². The van der Waals surface area contributed by atoms with Crippen molar-refractivity contribution in [1.82, 2.24) is 9.97 Å². The number of H-pyrrole nitrogens is 1. The standard InChI is InChI=1S/C9H14N2OS/c1-4-13-5-8-10-7(3)6(2)9(12)11-8/h4-5H2,1-3H3,(H,10,11,12). The van der Waals surface area contributed by atoms with Gasteiger partial charge in [0.05, 0.1) is 5.75 Å². The van der Waals surface area contributed by atoms with Crippen LogP contribution >= 0.6 is 11.8 Å². The van der Waals surface area contributed by atoms with Gasteiger partial charge in [-0.25, -0.2) is 4.98 Å². The van der Waals surface area contributed by atoms with Crippen molar-refractivity contribution in [3.05, 3.63) is 27.4 Å². The Labute approximate surface area is 82.0 Å². The maximum atomic E-state index is 11.3. The van der Waals surface area contributed by atoms with Gasteiger partial charge in [0.1, 0.15) is 5.82 Å². The Hall–Kier alpha value is -0.770. The zero-order chi connectivity index (χ0) is 9.84. The third kappa shape index (κ3) is 2.59. The summed E-state index contributed by atoms with van der Waals surface area (Å²) in [7, 11) is 0. The number of aromatic nitrogens is 2. The Kier molecular flexibility index (Phi) is 3.54. The van der Waals surface area contributed by atoms with Gasteiger partial charge in [-0.3, -0.25) is 4.79 Å². The Morgan fingerprint density at radius 1 is 1.46 bits per heavy atom. The SMILES string of the molecule is CCSCc1nc(C)c(C)c(=O)[nH]1. The minimum absolute atomic E-state index is 0.0146. The molecule has 1 aromatic heterocycles. The van der Waals surface area contributed by atoms with Crippen molar-refractivity contribution in [3.8, 4) is 0 Å². The van der Waals surface area contributed by atoms with Gasteiger partial charge >= 0.3 is 0 Å². The molecular formula is C9H14N2OS. The summed E-state index contributed by atoms with van der Waals surface area (Å²) in [6, 6.07) is 0. The van der Waals surface area contributed by atoms with Gasteiger partial charge < -0.3 is 4.98 Å². The van der Waals surface area contributed by atoms with Crippen LogP contribution in [-0.2, 0) is 5.75 Å².